The van der Waals surface area contributed by atoms with Gasteiger partial charge in [-0.2, -0.15) is 0 Å². The van der Waals surface area contributed by atoms with Crippen LogP contribution in [0, 0.1) is 0 Å². The fourth-order valence-corrected chi connectivity index (χ4v) is 3.59. The molecule has 1 aromatic rings. The highest BCUT2D eigenvalue weighted by Gasteiger charge is 2.29. The van der Waals surface area contributed by atoms with Crippen LogP contribution in [0.5, 0.6) is 5.75 Å². The third kappa shape index (κ3) is 3.01. The lowest BCUT2D eigenvalue weighted by Crippen LogP contribution is -2.35. The van der Waals surface area contributed by atoms with Crippen LogP contribution in [0.3, 0.4) is 0 Å². The van der Waals surface area contributed by atoms with Crippen molar-refractivity contribution in [1.29, 1.82) is 0 Å². The number of methoxy groups -OCH3 is 1. The molecule has 98 valence electrons. The molecule has 1 atom stereocenters. The van der Waals surface area contributed by atoms with Gasteiger partial charge < -0.3 is 10.1 Å². The highest BCUT2D eigenvalue weighted by molar-refractivity contribution is 7.91. The zero-order valence-corrected chi connectivity index (χ0v) is 10.9. The Morgan fingerprint density at radius 2 is 2.00 bits per heavy atom. The summed E-state index contributed by atoms with van der Waals surface area (Å²) in [4.78, 5) is 11.9. The van der Waals surface area contributed by atoms with E-state index in [2.05, 4.69) is 5.32 Å². The van der Waals surface area contributed by atoms with Gasteiger partial charge in [-0.15, -0.1) is 0 Å². The second kappa shape index (κ2) is 4.97. The first kappa shape index (κ1) is 12.9. The smallest absolute Gasteiger partial charge is 0.251 e. The number of ether oxygens (including phenoxy) is 1. The summed E-state index contributed by atoms with van der Waals surface area (Å²) in [7, 11) is -1.41. The summed E-state index contributed by atoms with van der Waals surface area (Å²) in [6, 6.07) is 6.42. The zero-order chi connectivity index (χ0) is 13.2. The van der Waals surface area contributed by atoms with Crippen LogP contribution in [0.15, 0.2) is 24.3 Å². The molecule has 0 bridgehead atoms. The van der Waals surface area contributed by atoms with E-state index >= 15 is 0 Å². The quantitative estimate of drug-likeness (QED) is 0.872. The number of rotatable bonds is 3. The zero-order valence-electron chi connectivity index (χ0n) is 10.0. The van der Waals surface area contributed by atoms with Gasteiger partial charge in [0, 0.05) is 11.6 Å². The molecule has 1 saturated heterocycles. The Hall–Kier alpha value is -1.56. The van der Waals surface area contributed by atoms with Crippen molar-refractivity contribution in [2.24, 2.45) is 0 Å². The third-order valence-corrected chi connectivity index (χ3v) is 4.69. The summed E-state index contributed by atoms with van der Waals surface area (Å²) in [5, 5.41) is 2.73. The van der Waals surface area contributed by atoms with Gasteiger partial charge in [0.2, 0.25) is 0 Å². The van der Waals surface area contributed by atoms with Gasteiger partial charge in [0.25, 0.3) is 5.91 Å². The Labute approximate surface area is 106 Å². The molecule has 0 spiro atoms. The molecule has 18 heavy (non-hydrogen) atoms. The lowest BCUT2D eigenvalue weighted by molar-refractivity contribution is 0.0941. The highest BCUT2D eigenvalue weighted by atomic mass is 32.2. The summed E-state index contributed by atoms with van der Waals surface area (Å²) in [5.41, 5.74) is 0.500. The topological polar surface area (TPSA) is 72.5 Å². The van der Waals surface area contributed by atoms with Gasteiger partial charge in [-0.25, -0.2) is 8.42 Å². The molecule has 1 aliphatic rings. The number of hydrogen-bond donors (Lipinski definition) is 1. The maximum absolute atomic E-state index is 11.9. The van der Waals surface area contributed by atoms with E-state index in [0.717, 1.165) is 0 Å². The molecular weight excluding hydrogens is 254 g/mol. The van der Waals surface area contributed by atoms with E-state index in [1.54, 1.807) is 31.4 Å². The van der Waals surface area contributed by atoms with Gasteiger partial charge in [0.05, 0.1) is 18.6 Å². The normalized spacial score (nSPS) is 21.5. The molecule has 0 unspecified atom stereocenters. The third-order valence-electron chi connectivity index (χ3n) is 2.92. The Bertz CT molecular complexity index is 536. The van der Waals surface area contributed by atoms with Gasteiger partial charge in [-0.3, -0.25) is 4.79 Å². The molecule has 1 N–H and O–H groups in total. The summed E-state index contributed by atoms with van der Waals surface area (Å²) >= 11 is 0. The van der Waals surface area contributed by atoms with E-state index in [1.165, 1.54) is 0 Å². The van der Waals surface area contributed by atoms with E-state index in [4.69, 9.17) is 4.74 Å². The fourth-order valence-electron chi connectivity index (χ4n) is 1.92. The van der Waals surface area contributed by atoms with E-state index < -0.39 is 9.84 Å². The summed E-state index contributed by atoms with van der Waals surface area (Å²) < 4.78 is 27.5. The maximum atomic E-state index is 11.9. The predicted molar refractivity (Wildman–Crippen MR) is 67.5 cm³/mol. The predicted octanol–water partition coefficient (Wildman–Crippen LogP) is 0.612. The van der Waals surface area contributed by atoms with E-state index in [1.807, 2.05) is 0 Å². The molecule has 1 aromatic carbocycles. The summed E-state index contributed by atoms with van der Waals surface area (Å²) in [6.07, 6.45) is 0.490. The number of amides is 1. The summed E-state index contributed by atoms with van der Waals surface area (Å²) in [6.45, 7) is 0. The lowest BCUT2D eigenvalue weighted by atomic mass is 10.2. The molecule has 5 nitrogen and oxygen atoms in total. The minimum atomic E-state index is -2.97. The minimum absolute atomic E-state index is 0.0366. The average molecular weight is 269 g/mol. The van der Waals surface area contributed by atoms with Gasteiger partial charge in [0.1, 0.15) is 5.75 Å². The van der Waals surface area contributed by atoms with Crippen molar-refractivity contribution in [2.45, 2.75) is 12.5 Å². The molecule has 0 aliphatic carbocycles. The van der Waals surface area contributed by atoms with Crippen molar-refractivity contribution in [3.8, 4) is 5.75 Å². The number of benzene rings is 1. The molecule has 1 amide bonds. The van der Waals surface area contributed by atoms with Crippen molar-refractivity contribution in [1.82, 2.24) is 5.32 Å². The van der Waals surface area contributed by atoms with Crippen LogP contribution >= 0.6 is 0 Å². The summed E-state index contributed by atoms with van der Waals surface area (Å²) in [5.74, 6) is 0.616. The first-order valence-corrected chi connectivity index (χ1v) is 7.48. The van der Waals surface area contributed by atoms with Crippen molar-refractivity contribution in [3.63, 3.8) is 0 Å². The molecule has 0 saturated carbocycles. The van der Waals surface area contributed by atoms with Crippen LogP contribution in [0.1, 0.15) is 16.8 Å². The molecular formula is C12H15NO4S. The second-order valence-electron chi connectivity index (χ2n) is 4.30. The number of carbonyl (C=O) groups is 1. The Balaban J connectivity index is 1.99. The second-order valence-corrected chi connectivity index (χ2v) is 6.53. The maximum Gasteiger partial charge on any atom is 0.251 e. The lowest BCUT2D eigenvalue weighted by Gasteiger charge is -2.10. The molecule has 6 heteroatoms. The highest BCUT2D eigenvalue weighted by Crippen LogP contribution is 2.14. The fraction of sp³-hybridized carbons (Fsp3) is 0.417. The van der Waals surface area contributed by atoms with Crippen LogP contribution in [0.25, 0.3) is 0 Å². The van der Waals surface area contributed by atoms with E-state index in [9.17, 15) is 13.2 Å². The number of sulfone groups is 1. The number of nitrogens with one attached hydrogen (secondary N) is 1. The average Bonchev–Trinajstić information content (AvgIpc) is 2.68. The molecule has 1 fully saturated rings. The molecule has 1 heterocycles. The van der Waals surface area contributed by atoms with Crippen LogP contribution in [-0.4, -0.2) is 39.0 Å². The van der Waals surface area contributed by atoms with Crippen LogP contribution < -0.4 is 10.1 Å². The van der Waals surface area contributed by atoms with Crippen molar-refractivity contribution in [2.75, 3.05) is 18.6 Å². The van der Waals surface area contributed by atoms with Gasteiger partial charge in [0.15, 0.2) is 9.84 Å². The molecule has 2 rings (SSSR count). The Morgan fingerprint density at radius 1 is 1.33 bits per heavy atom. The van der Waals surface area contributed by atoms with Gasteiger partial charge in [-0.05, 0) is 30.7 Å². The van der Waals surface area contributed by atoms with Gasteiger partial charge in [-0.1, -0.05) is 0 Å². The molecule has 1 aliphatic heterocycles. The van der Waals surface area contributed by atoms with Crippen molar-refractivity contribution >= 4 is 15.7 Å². The Kier molecular flexibility index (Phi) is 3.56. The van der Waals surface area contributed by atoms with Crippen LogP contribution in [-0.2, 0) is 9.84 Å². The van der Waals surface area contributed by atoms with Gasteiger partial charge >= 0.3 is 0 Å². The molecule has 0 aromatic heterocycles. The number of carbonyl (C=O) groups excluding carboxylic acids is 1. The largest absolute Gasteiger partial charge is 0.497 e. The first-order valence-electron chi connectivity index (χ1n) is 5.65. The van der Waals surface area contributed by atoms with Crippen LogP contribution in [0.2, 0.25) is 0 Å². The SMILES string of the molecule is COc1ccc(C(=O)N[C@@H]2CCS(=O)(=O)C2)cc1. The van der Waals surface area contributed by atoms with Crippen LogP contribution in [0.4, 0.5) is 0 Å². The first-order chi connectivity index (χ1) is 8.50. The Morgan fingerprint density at radius 3 is 2.50 bits per heavy atom. The van der Waals surface area contributed by atoms with Crippen molar-refractivity contribution in [3.05, 3.63) is 29.8 Å². The van der Waals surface area contributed by atoms with E-state index in [-0.39, 0.29) is 23.5 Å². The van der Waals surface area contributed by atoms with E-state index in [0.29, 0.717) is 17.7 Å². The number of hydrogen-bond acceptors (Lipinski definition) is 4. The van der Waals surface area contributed by atoms with Crippen molar-refractivity contribution < 1.29 is 17.9 Å². The monoisotopic (exact) mass is 269 g/mol. The minimum Gasteiger partial charge on any atom is -0.497 e. The molecule has 0 radical (unpaired) electrons. The standard InChI is InChI=1S/C12H15NO4S/c1-17-11-4-2-9(3-5-11)12(14)13-10-6-7-18(15,16)8-10/h2-5,10H,6-8H2,1H3,(H,13,14)/t10-/m1/s1.